The summed E-state index contributed by atoms with van der Waals surface area (Å²) in [4.78, 5) is 23.6. The number of carbonyl (C=O) groups is 2. The Bertz CT molecular complexity index is 307. The first-order chi connectivity index (χ1) is 8.06. The first-order valence-corrected chi connectivity index (χ1v) is 6.08. The lowest BCUT2D eigenvalue weighted by atomic mass is 9.83. The van der Waals surface area contributed by atoms with Crippen LogP contribution in [0.15, 0.2) is 12.2 Å². The van der Waals surface area contributed by atoms with Gasteiger partial charge in [-0.15, -0.1) is 0 Å². The van der Waals surface area contributed by atoms with Gasteiger partial charge in [0.15, 0.2) is 0 Å². The topological polar surface area (TPSA) is 52.6 Å². The zero-order valence-corrected chi connectivity index (χ0v) is 10.6. The molecule has 1 rings (SSSR count). The molecule has 0 unspecified atom stereocenters. The second kappa shape index (κ2) is 6.42. The highest BCUT2D eigenvalue weighted by molar-refractivity contribution is 5.82. The van der Waals surface area contributed by atoms with Gasteiger partial charge in [0, 0.05) is 0 Å². The monoisotopic (exact) mass is 240 g/mol. The van der Waals surface area contributed by atoms with E-state index in [-0.39, 0.29) is 18.0 Å². The van der Waals surface area contributed by atoms with Crippen LogP contribution in [0.25, 0.3) is 0 Å². The largest absolute Gasteiger partial charge is 0.466 e. The van der Waals surface area contributed by atoms with Gasteiger partial charge in [0.25, 0.3) is 0 Å². The van der Waals surface area contributed by atoms with Gasteiger partial charge in [0.1, 0.15) is 0 Å². The molecular weight excluding hydrogens is 220 g/mol. The third-order valence-corrected chi connectivity index (χ3v) is 2.68. The van der Waals surface area contributed by atoms with Crippen LogP contribution in [0.4, 0.5) is 0 Å². The van der Waals surface area contributed by atoms with Crippen LogP contribution in [0.3, 0.4) is 0 Å². The van der Waals surface area contributed by atoms with Crippen molar-refractivity contribution in [2.45, 2.75) is 39.7 Å². The fraction of sp³-hybridized carbons (Fsp3) is 0.692. The van der Waals surface area contributed by atoms with Crippen LogP contribution in [0.5, 0.6) is 0 Å². The summed E-state index contributed by atoms with van der Waals surface area (Å²) in [6.45, 7) is 5.70. The standard InChI is InChI=1S/C13H20O4/c1-4-16-12(14)10-7-5-6-8-11(10)13(15)17-9(2)3/h5-6,9-11H,4,7-8H2,1-3H3/t10-,11+/m1/s1. The molecule has 0 bridgehead atoms. The number of rotatable bonds is 4. The van der Waals surface area contributed by atoms with Crippen molar-refractivity contribution in [1.29, 1.82) is 0 Å². The van der Waals surface area contributed by atoms with E-state index in [9.17, 15) is 9.59 Å². The second-order valence-corrected chi connectivity index (χ2v) is 4.39. The van der Waals surface area contributed by atoms with E-state index in [1.807, 2.05) is 12.2 Å². The molecular formula is C13H20O4. The van der Waals surface area contributed by atoms with E-state index in [0.717, 1.165) is 0 Å². The van der Waals surface area contributed by atoms with Crippen LogP contribution >= 0.6 is 0 Å². The van der Waals surface area contributed by atoms with Crippen LogP contribution in [-0.4, -0.2) is 24.6 Å². The maximum absolute atomic E-state index is 11.9. The van der Waals surface area contributed by atoms with Crippen molar-refractivity contribution in [2.24, 2.45) is 11.8 Å². The second-order valence-electron chi connectivity index (χ2n) is 4.39. The van der Waals surface area contributed by atoms with Gasteiger partial charge in [-0.05, 0) is 33.6 Å². The average Bonchev–Trinajstić information content (AvgIpc) is 2.28. The summed E-state index contributed by atoms with van der Waals surface area (Å²) in [7, 11) is 0. The van der Waals surface area contributed by atoms with Crippen molar-refractivity contribution in [1.82, 2.24) is 0 Å². The Morgan fingerprint density at radius 1 is 1.18 bits per heavy atom. The summed E-state index contributed by atoms with van der Waals surface area (Å²) in [5, 5.41) is 0. The zero-order chi connectivity index (χ0) is 12.8. The van der Waals surface area contributed by atoms with E-state index in [1.54, 1.807) is 20.8 Å². The van der Waals surface area contributed by atoms with Gasteiger partial charge in [0.2, 0.25) is 0 Å². The number of esters is 2. The summed E-state index contributed by atoms with van der Waals surface area (Å²) in [6, 6.07) is 0. The van der Waals surface area contributed by atoms with Crippen LogP contribution in [0.1, 0.15) is 33.6 Å². The number of hydrogen-bond donors (Lipinski definition) is 0. The van der Waals surface area contributed by atoms with E-state index in [4.69, 9.17) is 9.47 Å². The highest BCUT2D eigenvalue weighted by atomic mass is 16.5. The lowest BCUT2D eigenvalue weighted by molar-refractivity contribution is -0.163. The van der Waals surface area contributed by atoms with Gasteiger partial charge in [-0.3, -0.25) is 9.59 Å². The van der Waals surface area contributed by atoms with Gasteiger partial charge in [0.05, 0.1) is 24.5 Å². The van der Waals surface area contributed by atoms with Crippen molar-refractivity contribution in [2.75, 3.05) is 6.61 Å². The number of allylic oxidation sites excluding steroid dienone is 2. The van der Waals surface area contributed by atoms with E-state index >= 15 is 0 Å². The van der Waals surface area contributed by atoms with Crippen LogP contribution in [0.2, 0.25) is 0 Å². The summed E-state index contributed by atoms with van der Waals surface area (Å²) in [6.07, 6.45) is 4.78. The Balaban J connectivity index is 2.69. The molecule has 0 radical (unpaired) electrons. The minimum absolute atomic E-state index is 0.156. The maximum atomic E-state index is 11.9. The van der Waals surface area contributed by atoms with Gasteiger partial charge < -0.3 is 9.47 Å². The highest BCUT2D eigenvalue weighted by Gasteiger charge is 2.36. The summed E-state index contributed by atoms with van der Waals surface area (Å²) in [5.41, 5.74) is 0. The molecule has 0 N–H and O–H groups in total. The molecule has 17 heavy (non-hydrogen) atoms. The van der Waals surface area contributed by atoms with Crippen LogP contribution < -0.4 is 0 Å². The van der Waals surface area contributed by atoms with Gasteiger partial charge in [-0.1, -0.05) is 12.2 Å². The quantitative estimate of drug-likeness (QED) is 0.557. The number of ether oxygens (including phenoxy) is 2. The molecule has 2 atom stereocenters. The van der Waals surface area contributed by atoms with Crippen molar-refractivity contribution in [3.8, 4) is 0 Å². The van der Waals surface area contributed by atoms with E-state index in [0.29, 0.717) is 19.4 Å². The van der Waals surface area contributed by atoms with Gasteiger partial charge in [-0.2, -0.15) is 0 Å². The lowest BCUT2D eigenvalue weighted by Crippen LogP contribution is -2.34. The zero-order valence-electron chi connectivity index (χ0n) is 10.6. The Morgan fingerprint density at radius 2 is 1.71 bits per heavy atom. The molecule has 0 amide bonds. The Labute approximate surface area is 102 Å². The van der Waals surface area contributed by atoms with Crippen LogP contribution in [0, 0.1) is 11.8 Å². The Morgan fingerprint density at radius 3 is 2.18 bits per heavy atom. The fourth-order valence-corrected chi connectivity index (χ4v) is 1.90. The summed E-state index contributed by atoms with van der Waals surface area (Å²) >= 11 is 0. The molecule has 0 saturated carbocycles. The first kappa shape index (κ1) is 13.7. The van der Waals surface area contributed by atoms with E-state index in [1.165, 1.54) is 0 Å². The van der Waals surface area contributed by atoms with Gasteiger partial charge in [-0.25, -0.2) is 0 Å². The summed E-state index contributed by atoms with van der Waals surface area (Å²) in [5.74, 6) is -1.40. The fourth-order valence-electron chi connectivity index (χ4n) is 1.90. The third kappa shape index (κ3) is 3.88. The molecule has 0 heterocycles. The van der Waals surface area contributed by atoms with Crippen molar-refractivity contribution >= 4 is 11.9 Å². The molecule has 4 nitrogen and oxygen atoms in total. The minimum atomic E-state index is -0.401. The number of hydrogen-bond acceptors (Lipinski definition) is 4. The Hall–Kier alpha value is -1.32. The maximum Gasteiger partial charge on any atom is 0.310 e. The Kier molecular flexibility index (Phi) is 5.19. The number of carbonyl (C=O) groups excluding carboxylic acids is 2. The molecule has 0 aromatic rings. The molecule has 0 spiro atoms. The van der Waals surface area contributed by atoms with Crippen molar-refractivity contribution < 1.29 is 19.1 Å². The van der Waals surface area contributed by atoms with Crippen LogP contribution in [-0.2, 0) is 19.1 Å². The summed E-state index contributed by atoms with van der Waals surface area (Å²) < 4.78 is 10.2. The average molecular weight is 240 g/mol. The molecule has 0 aliphatic heterocycles. The molecule has 96 valence electrons. The first-order valence-electron chi connectivity index (χ1n) is 6.08. The predicted molar refractivity (Wildman–Crippen MR) is 63.2 cm³/mol. The normalized spacial score (nSPS) is 23.5. The van der Waals surface area contributed by atoms with Gasteiger partial charge >= 0.3 is 11.9 Å². The highest BCUT2D eigenvalue weighted by Crippen LogP contribution is 2.28. The molecule has 1 aliphatic carbocycles. The lowest BCUT2D eigenvalue weighted by Gasteiger charge is -2.25. The van der Waals surface area contributed by atoms with Crippen molar-refractivity contribution in [3.63, 3.8) is 0 Å². The van der Waals surface area contributed by atoms with E-state index < -0.39 is 11.8 Å². The van der Waals surface area contributed by atoms with E-state index in [2.05, 4.69) is 0 Å². The SMILES string of the molecule is CCOC(=O)[C@@H]1CC=CC[C@@H]1C(=O)OC(C)C. The molecule has 0 aromatic heterocycles. The predicted octanol–water partition coefficient (Wildman–Crippen LogP) is 2.08. The minimum Gasteiger partial charge on any atom is -0.466 e. The molecule has 0 aromatic carbocycles. The molecule has 0 saturated heterocycles. The molecule has 0 fully saturated rings. The third-order valence-electron chi connectivity index (χ3n) is 2.68. The molecule has 4 heteroatoms. The van der Waals surface area contributed by atoms with Crippen molar-refractivity contribution in [3.05, 3.63) is 12.2 Å². The molecule has 1 aliphatic rings. The smallest absolute Gasteiger partial charge is 0.310 e.